The van der Waals surface area contributed by atoms with E-state index in [0.717, 1.165) is 29.2 Å². The average Bonchev–Trinajstić information content (AvgIpc) is 3.24. The van der Waals surface area contributed by atoms with E-state index in [1.165, 1.54) is 24.8 Å². The van der Waals surface area contributed by atoms with Gasteiger partial charge in [-0.1, -0.05) is 18.2 Å². The van der Waals surface area contributed by atoms with Crippen LogP contribution in [0.15, 0.2) is 42.5 Å². The van der Waals surface area contributed by atoms with E-state index in [0.29, 0.717) is 17.4 Å². The zero-order chi connectivity index (χ0) is 17.0. The van der Waals surface area contributed by atoms with Crippen LogP contribution in [-0.4, -0.2) is 27.7 Å². The van der Waals surface area contributed by atoms with Crippen LogP contribution in [0, 0.1) is 12.8 Å². The lowest BCUT2D eigenvalue weighted by Crippen LogP contribution is -2.32. The highest BCUT2D eigenvalue weighted by Gasteiger charge is 2.39. The van der Waals surface area contributed by atoms with Crippen molar-refractivity contribution in [2.45, 2.75) is 32.2 Å². The molecule has 2 atom stereocenters. The summed E-state index contributed by atoms with van der Waals surface area (Å²) >= 11 is 0. The lowest BCUT2D eigenvalue weighted by Gasteiger charge is -2.29. The zero-order valence-electron chi connectivity index (χ0n) is 14.3. The Kier molecular flexibility index (Phi) is 3.20. The second-order valence-electron chi connectivity index (χ2n) is 7.39. The molecule has 0 spiro atoms. The van der Waals surface area contributed by atoms with Gasteiger partial charge in [-0.15, -0.1) is 0 Å². The molecule has 1 aliphatic carbocycles. The molecule has 1 saturated heterocycles. The second-order valence-corrected chi connectivity index (χ2v) is 7.39. The fourth-order valence-corrected chi connectivity index (χ4v) is 4.41. The summed E-state index contributed by atoms with van der Waals surface area (Å²) < 4.78 is 0. The van der Waals surface area contributed by atoms with Crippen molar-refractivity contribution in [2.75, 3.05) is 11.4 Å². The molecule has 1 N–H and O–H groups in total. The molecule has 0 radical (unpaired) electrons. The van der Waals surface area contributed by atoms with Crippen LogP contribution in [0.1, 0.15) is 24.8 Å². The fraction of sp³-hybridized carbons (Fsp3) is 0.333. The zero-order valence-corrected chi connectivity index (χ0v) is 14.3. The Bertz CT molecular complexity index is 969. The predicted octanol–water partition coefficient (Wildman–Crippen LogP) is 4.30. The SMILES string of the molecule is Cc1ccc2c(N3CC4CCC3C4)nc(-c3ccccc3O)nc2c1. The number of hydrogen-bond donors (Lipinski definition) is 1. The number of para-hydroxylation sites is 1. The van der Waals surface area contributed by atoms with Gasteiger partial charge in [0.05, 0.1) is 11.1 Å². The number of phenolic OH excluding ortho intramolecular Hbond substituents is 1. The third-order valence-electron chi connectivity index (χ3n) is 5.66. The maximum atomic E-state index is 10.3. The summed E-state index contributed by atoms with van der Waals surface area (Å²) in [5.74, 6) is 2.65. The maximum Gasteiger partial charge on any atom is 0.165 e. The standard InChI is InChI=1S/C21H21N3O/c1-13-6-9-16-18(10-13)22-20(17-4-2-3-5-19(17)25)23-21(16)24-12-14-7-8-15(24)11-14/h2-6,9-10,14-15,25H,7-8,11-12H2,1H3. The van der Waals surface area contributed by atoms with Gasteiger partial charge in [0.15, 0.2) is 5.82 Å². The van der Waals surface area contributed by atoms with Crippen LogP contribution in [0.2, 0.25) is 0 Å². The van der Waals surface area contributed by atoms with Gasteiger partial charge in [0.1, 0.15) is 11.6 Å². The van der Waals surface area contributed by atoms with Crippen LogP contribution in [0.5, 0.6) is 5.75 Å². The molecule has 5 rings (SSSR count). The molecule has 126 valence electrons. The molecule has 1 saturated carbocycles. The lowest BCUT2D eigenvalue weighted by molar-refractivity contribution is 0.477. The van der Waals surface area contributed by atoms with Gasteiger partial charge in [0.2, 0.25) is 0 Å². The van der Waals surface area contributed by atoms with Gasteiger partial charge >= 0.3 is 0 Å². The first-order valence-electron chi connectivity index (χ1n) is 9.02. The molecule has 25 heavy (non-hydrogen) atoms. The van der Waals surface area contributed by atoms with Crippen LogP contribution in [0.4, 0.5) is 5.82 Å². The number of fused-ring (bicyclic) bond motifs is 3. The van der Waals surface area contributed by atoms with Crippen molar-refractivity contribution in [2.24, 2.45) is 5.92 Å². The number of nitrogens with zero attached hydrogens (tertiary/aromatic N) is 3. The number of benzene rings is 2. The average molecular weight is 331 g/mol. The number of rotatable bonds is 2. The van der Waals surface area contributed by atoms with Crippen molar-refractivity contribution in [1.82, 2.24) is 9.97 Å². The molecular formula is C21H21N3O. The maximum absolute atomic E-state index is 10.3. The third kappa shape index (κ3) is 2.36. The van der Waals surface area contributed by atoms with Crippen LogP contribution >= 0.6 is 0 Å². The predicted molar refractivity (Wildman–Crippen MR) is 99.9 cm³/mol. The largest absolute Gasteiger partial charge is 0.507 e. The molecule has 2 heterocycles. The fourth-order valence-electron chi connectivity index (χ4n) is 4.41. The lowest BCUT2D eigenvalue weighted by atomic mass is 10.1. The van der Waals surface area contributed by atoms with Crippen molar-refractivity contribution >= 4 is 16.7 Å². The minimum atomic E-state index is 0.225. The number of phenols is 1. The Hall–Kier alpha value is -2.62. The van der Waals surface area contributed by atoms with Crippen molar-refractivity contribution in [3.63, 3.8) is 0 Å². The number of hydrogen-bond acceptors (Lipinski definition) is 4. The van der Waals surface area contributed by atoms with E-state index >= 15 is 0 Å². The molecule has 2 aliphatic rings. The summed E-state index contributed by atoms with van der Waals surface area (Å²) in [6.07, 6.45) is 3.88. The van der Waals surface area contributed by atoms with Crippen molar-refractivity contribution in [3.8, 4) is 17.1 Å². The topological polar surface area (TPSA) is 49.2 Å². The first kappa shape index (κ1) is 14.7. The van der Waals surface area contributed by atoms with Crippen molar-refractivity contribution in [1.29, 1.82) is 0 Å². The highest BCUT2D eigenvalue weighted by atomic mass is 16.3. The van der Waals surface area contributed by atoms with Crippen LogP contribution < -0.4 is 4.90 Å². The van der Waals surface area contributed by atoms with E-state index in [-0.39, 0.29) is 5.75 Å². The molecule has 2 aromatic carbocycles. The smallest absolute Gasteiger partial charge is 0.165 e. The van der Waals surface area contributed by atoms with E-state index in [1.807, 2.05) is 18.2 Å². The van der Waals surface area contributed by atoms with E-state index in [4.69, 9.17) is 9.97 Å². The van der Waals surface area contributed by atoms with Gasteiger partial charge in [-0.05, 0) is 61.9 Å². The van der Waals surface area contributed by atoms with E-state index < -0.39 is 0 Å². The molecule has 4 nitrogen and oxygen atoms in total. The third-order valence-corrected chi connectivity index (χ3v) is 5.66. The van der Waals surface area contributed by atoms with E-state index in [1.54, 1.807) is 6.07 Å². The van der Waals surface area contributed by atoms with Gasteiger partial charge in [-0.3, -0.25) is 0 Å². The number of aryl methyl sites for hydroxylation is 1. The normalized spacial score (nSPS) is 22.0. The summed E-state index contributed by atoms with van der Waals surface area (Å²) in [7, 11) is 0. The monoisotopic (exact) mass is 331 g/mol. The number of aromatic hydroxyl groups is 1. The summed E-state index contributed by atoms with van der Waals surface area (Å²) in [6.45, 7) is 3.17. The van der Waals surface area contributed by atoms with Crippen LogP contribution in [-0.2, 0) is 0 Å². The van der Waals surface area contributed by atoms with Crippen molar-refractivity contribution in [3.05, 3.63) is 48.0 Å². The number of aromatic nitrogens is 2. The highest BCUT2D eigenvalue weighted by molar-refractivity contribution is 5.92. The van der Waals surface area contributed by atoms with E-state index in [2.05, 4.69) is 30.0 Å². The Labute approximate surface area is 147 Å². The molecule has 1 aliphatic heterocycles. The first-order valence-corrected chi connectivity index (χ1v) is 9.02. The Morgan fingerprint density at radius 2 is 1.96 bits per heavy atom. The summed E-state index contributed by atoms with van der Waals surface area (Å²) in [5.41, 5.74) is 2.82. The highest BCUT2D eigenvalue weighted by Crippen LogP contribution is 2.42. The van der Waals surface area contributed by atoms with Crippen LogP contribution in [0.3, 0.4) is 0 Å². The first-order chi connectivity index (χ1) is 12.2. The minimum absolute atomic E-state index is 0.225. The number of anilines is 1. The molecule has 2 fully saturated rings. The van der Waals surface area contributed by atoms with Crippen LogP contribution in [0.25, 0.3) is 22.3 Å². The Morgan fingerprint density at radius 3 is 2.72 bits per heavy atom. The molecule has 0 amide bonds. The van der Waals surface area contributed by atoms with Crippen molar-refractivity contribution < 1.29 is 5.11 Å². The molecule has 3 aromatic rings. The summed E-state index contributed by atoms with van der Waals surface area (Å²) in [6, 6.07) is 14.3. The Morgan fingerprint density at radius 1 is 1.08 bits per heavy atom. The van der Waals surface area contributed by atoms with Gasteiger partial charge in [-0.2, -0.15) is 0 Å². The van der Waals surface area contributed by atoms with Gasteiger partial charge in [0.25, 0.3) is 0 Å². The quantitative estimate of drug-likeness (QED) is 0.760. The minimum Gasteiger partial charge on any atom is -0.507 e. The molecule has 4 heteroatoms. The molecule has 2 unspecified atom stereocenters. The number of piperidine rings is 1. The van der Waals surface area contributed by atoms with E-state index in [9.17, 15) is 5.11 Å². The second kappa shape index (κ2) is 5.45. The Balaban J connectivity index is 1.73. The molecule has 2 bridgehead atoms. The van der Waals surface area contributed by atoms with Gasteiger partial charge < -0.3 is 10.0 Å². The molecule has 1 aromatic heterocycles. The van der Waals surface area contributed by atoms with Gasteiger partial charge in [0, 0.05) is 18.0 Å². The van der Waals surface area contributed by atoms with Gasteiger partial charge in [-0.25, -0.2) is 9.97 Å². The summed E-state index contributed by atoms with van der Waals surface area (Å²) in [5, 5.41) is 11.4. The summed E-state index contributed by atoms with van der Waals surface area (Å²) in [4.78, 5) is 12.1. The molecular weight excluding hydrogens is 310 g/mol.